The molecule has 1 aromatic heterocycles. The van der Waals surface area contributed by atoms with Gasteiger partial charge in [-0.05, 0) is 73.2 Å². The third-order valence-corrected chi connectivity index (χ3v) is 7.24. The lowest BCUT2D eigenvalue weighted by Crippen LogP contribution is -2.33. The molecule has 0 unspecified atom stereocenters. The maximum absolute atomic E-state index is 13.5. The molecule has 3 aromatic rings. The van der Waals surface area contributed by atoms with E-state index in [9.17, 15) is 9.59 Å². The summed E-state index contributed by atoms with van der Waals surface area (Å²) in [5.41, 5.74) is 3.80. The minimum atomic E-state index is -0.382. The number of imide groups is 1. The van der Waals surface area contributed by atoms with Crippen molar-refractivity contribution in [1.82, 2.24) is 0 Å². The van der Waals surface area contributed by atoms with E-state index in [2.05, 4.69) is 22.3 Å². The van der Waals surface area contributed by atoms with Gasteiger partial charge >= 0.3 is 0 Å². The molecule has 3 heterocycles. The summed E-state index contributed by atoms with van der Waals surface area (Å²) >= 11 is 7.71. The average Bonchev–Trinajstić information content (AvgIpc) is 3.54. The highest BCUT2D eigenvalue weighted by Gasteiger charge is 2.41. The zero-order valence-electron chi connectivity index (χ0n) is 17.6. The van der Waals surface area contributed by atoms with Crippen molar-refractivity contribution in [2.24, 2.45) is 0 Å². The van der Waals surface area contributed by atoms with Gasteiger partial charge in [0.25, 0.3) is 11.8 Å². The second kappa shape index (κ2) is 8.45. The van der Waals surface area contributed by atoms with Gasteiger partial charge in [0.1, 0.15) is 5.70 Å². The lowest BCUT2D eigenvalue weighted by molar-refractivity contribution is -0.120. The molecular weight excluding hydrogens is 442 g/mol. The molecule has 0 aliphatic carbocycles. The number of halogens is 1. The summed E-state index contributed by atoms with van der Waals surface area (Å²) in [6.45, 7) is 3.95. The van der Waals surface area contributed by atoms with Gasteiger partial charge in [0.2, 0.25) is 0 Å². The van der Waals surface area contributed by atoms with Crippen LogP contribution in [0.25, 0.3) is 5.57 Å². The molecule has 0 bridgehead atoms. The zero-order chi connectivity index (χ0) is 22.2. The summed E-state index contributed by atoms with van der Waals surface area (Å²) in [5.74, 6) is -0.730. The minimum Gasteiger partial charge on any atom is -0.372 e. The van der Waals surface area contributed by atoms with E-state index in [4.69, 9.17) is 11.6 Å². The van der Waals surface area contributed by atoms with E-state index in [1.807, 2.05) is 36.6 Å². The zero-order valence-corrected chi connectivity index (χ0v) is 19.2. The van der Waals surface area contributed by atoms with Crippen LogP contribution >= 0.6 is 22.9 Å². The van der Waals surface area contributed by atoms with Gasteiger partial charge in [-0.2, -0.15) is 0 Å². The van der Waals surface area contributed by atoms with Gasteiger partial charge in [-0.1, -0.05) is 23.7 Å². The molecule has 2 amide bonds. The molecule has 0 atom stereocenters. The fraction of sp³-hybridized carbons (Fsp3) is 0.200. The van der Waals surface area contributed by atoms with Gasteiger partial charge < -0.3 is 10.2 Å². The number of benzene rings is 2. The van der Waals surface area contributed by atoms with Gasteiger partial charge in [0.15, 0.2) is 0 Å². The van der Waals surface area contributed by atoms with Crippen LogP contribution in [0, 0.1) is 6.92 Å². The smallest absolute Gasteiger partial charge is 0.282 e. The molecular formula is C25H22ClN3O2S. The Morgan fingerprint density at radius 3 is 2.38 bits per heavy atom. The number of anilines is 3. The largest absolute Gasteiger partial charge is 0.372 e. The van der Waals surface area contributed by atoms with E-state index >= 15 is 0 Å². The lowest BCUT2D eigenvalue weighted by Gasteiger charge is -2.19. The fourth-order valence-corrected chi connectivity index (χ4v) is 5.17. The Balaban J connectivity index is 1.51. The first kappa shape index (κ1) is 20.8. The van der Waals surface area contributed by atoms with E-state index in [1.54, 1.807) is 18.2 Å². The Morgan fingerprint density at radius 2 is 1.69 bits per heavy atom. The van der Waals surface area contributed by atoms with E-state index in [0.717, 1.165) is 23.7 Å². The Kier molecular flexibility index (Phi) is 5.49. The quantitative estimate of drug-likeness (QED) is 0.492. The molecule has 1 saturated heterocycles. The van der Waals surface area contributed by atoms with E-state index in [0.29, 0.717) is 21.8 Å². The van der Waals surface area contributed by atoms with Crippen molar-refractivity contribution in [2.45, 2.75) is 19.8 Å². The summed E-state index contributed by atoms with van der Waals surface area (Å²) in [6.07, 6.45) is 2.43. The number of rotatable bonds is 5. The van der Waals surface area contributed by atoms with Crippen molar-refractivity contribution in [3.63, 3.8) is 0 Å². The van der Waals surface area contributed by atoms with Crippen LogP contribution in [0.2, 0.25) is 5.02 Å². The third-order valence-electron chi connectivity index (χ3n) is 5.94. The highest BCUT2D eigenvalue weighted by atomic mass is 35.5. The molecule has 5 rings (SSSR count). The number of hydrogen-bond donors (Lipinski definition) is 1. The fourth-order valence-electron chi connectivity index (χ4n) is 4.23. The SMILES string of the molecule is Cc1c(Cl)cccc1N1C(=O)C(Nc2ccc(N3CCCC3)cc2)=C(c2cccs2)C1=O. The molecule has 1 fully saturated rings. The monoisotopic (exact) mass is 463 g/mol. The van der Waals surface area contributed by atoms with Crippen LogP contribution in [-0.4, -0.2) is 24.9 Å². The summed E-state index contributed by atoms with van der Waals surface area (Å²) in [7, 11) is 0. The number of amides is 2. The minimum absolute atomic E-state index is 0.283. The normalized spacial score (nSPS) is 16.4. The van der Waals surface area contributed by atoms with Gasteiger partial charge in [0.05, 0.1) is 11.3 Å². The van der Waals surface area contributed by atoms with Crippen molar-refractivity contribution < 1.29 is 9.59 Å². The molecule has 0 spiro atoms. The Morgan fingerprint density at radius 1 is 0.938 bits per heavy atom. The van der Waals surface area contributed by atoms with E-state index < -0.39 is 0 Å². The Bertz CT molecular complexity index is 1210. The van der Waals surface area contributed by atoms with Crippen LogP contribution < -0.4 is 15.1 Å². The standard InChI is InChI=1S/C25H22ClN3O2S/c1-16-19(26)6-4-7-20(16)29-24(30)22(21-8-5-15-32-21)23(25(29)31)27-17-9-11-18(12-10-17)28-13-2-3-14-28/h4-12,15,27H,2-3,13-14H2,1H3. The molecule has 162 valence electrons. The van der Waals surface area contributed by atoms with Gasteiger partial charge in [-0.3, -0.25) is 9.59 Å². The highest BCUT2D eigenvalue weighted by Crippen LogP contribution is 2.38. The second-order valence-corrected chi connectivity index (χ2v) is 9.28. The van der Waals surface area contributed by atoms with Crippen molar-refractivity contribution in [3.8, 4) is 0 Å². The first-order chi connectivity index (χ1) is 15.5. The number of carbonyl (C=O) groups excluding carboxylic acids is 2. The molecule has 2 aliphatic rings. The number of nitrogens with one attached hydrogen (secondary N) is 1. The van der Waals surface area contributed by atoms with Crippen LogP contribution in [0.5, 0.6) is 0 Å². The molecule has 1 N–H and O–H groups in total. The average molecular weight is 464 g/mol. The van der Waals surface area contributed by atoms with E-state index in [-0.39, 0.29) is 17.5 Å². The molecule has 32 heavy (non-hydrogen) atoms. The molecule has 7 heteroatoms. The first-order valence-electron chi connectivity index (χ1n) is 10.6. The predicted molar refractivity (Wildman–Crippen MR) is 131 cm³/mol. The van der Waals surface area contributed by atoms with Crippen LogP contribution in [0.1, 0.15) is 23.3 Å². The predicted octanol–water partition coefficient (Wildman–Crippen LogP) is 5.71. The molecule has 2 aliphatic heterocycles. The van der Waals surface area contributed by atoms with Crippen LogP contribution in [0.15, 0.2) is 65.7 Å². The van der Waals surface area contributed by atoms with Crippen LogP contribution in [0.3, 0.4) is 0 Å². The first-order valence-corrected chi connectivity index (χ1v) is 11.8. The summed E-state index contributed by atoms with van der Waals surface area (Å²) in [5, 5.41) is 5.65. The Labute approximate surface area is 195 Å². The summed E-state index contributed by atoms with van der Waals surface area (Å²) in [4.78, 5) is 31.3. The molecule has 0 radical (unpaired) electrons. The molecule has 2 aromatic carbocycles. The number of thiophene rings is 1. The second-order valence-electron chi connectivity index (χ2n) is 7.92. The number of nitrogens with zero attached hydrogens (tertiary/aromatic N) is 2. The van der Waals surface area contributed by atoms with E-state index in [1.165, 1.54) is 34.8 Å². The molecule has 0 saturated carbocycles. The lowest BCUT2D eigenvalue weighted by atomic mass is 10.1. The topological polar surface area (TPSA) is 52.7 Å². The van der Waals surface area contributed by atoms with Crippen molar-refractivity contribution in [2.75, 3.05) is 28.2 Å². The summed E-state index contributed by atoms with van der Waals surface area (Å²) in [6, 6.07) is 17.0. The maximum Gasteiger partial charge on any atom is 0.282 e. The van der Waals surface area contributed by atoms with Crippen LogP contribution in [0.4, 0.5) is 17.1 Å². The highest BCUT2D eigenvalue weighted by molar-refractivity contribution is 7.11. The van der Waals surface area contributed by atoms with Crippen molar-refractivity contribution in [1.29, 1.82) is 0 Å². The van der Waals surface area contributed by atoms with Gasteiger partial charge in [0, 0.05) is 34.4 Å². The summed E-state index contributed by atoms with van der Waals surface area (Å²) < 4.78 is 0. The number of hydrogen-bond acceptors (Lipinski definition) is 5. The third kappa shape index (κ3) is 3.59. The van der Waals surface area contributed by atoms with Gasteiger partial charge in [-0.15, -0.1) is 11.3 Å². The Hall–Kier alpha value is -3.09. The number of carbonyl (C=O) groups is 2. The van der Waals surface area contributed by atoms with Crippen molar-refractivity contribution in [3.05, 3.63) is 81.1 Å². The maximum atomic E-state index is 13.5. The van der Waals surface area contributed by atoms with Crippen LogP contribution in [-0.2, 0) is 9.59 Å². The van der Waals surface area contributed by atoms with Crippen molar-refractivity contribution >= 4 is 57.4 Å². The van der Waals surface area contributed by atoms with Gasteiger partial charge in [-0.25, -0.2) is 4.90 Å². The molecule has 5 nitrogen and oxygen atoms in total.